The van der Waals surface area contributed by atoms with E-state index in [1.54, 1.807) is 28.5 Å². The normalized spacial score (nSPS) is 10.6. The van der Waals surface area contributed by atoms with Gasteiger partial charge < -0.3 is 4.74 Å². The van der Waals surface area contributed by atoms with Crippen molar-refractivity contribution in [1.82, 2.24) is 4.98 Å². The van der Waals surface area contributed by atoms with E-state index in [2.05, 4.69) is 4.98 Å². The number of carbonyl (C=O) groups is 1. The first kappa shape index (κ1) is 15.3. The van der Waals surface area contributed by atoms with Crippen molar-refractivity contribution in [2.24, 2.45) is 0 Å². The average Bonchev–Trinajstić information content (AvgIpc) is 3.23. The highest BCUT2D eigenvalue weighted by Crippen LogP contribution is 2.28. The van der Waals surface area contributed by atoms with Crippen molar-refractivity contribution in [3.8, 4) is 9.88 Å². The maximum atomic E-state index is 12.0. The fourth-order valence-electron chi connectivity index (χ4n) is 1.83. The van der Waals surface area contributed by atoms with Crippen LogP contribution in [0.5, 0.6) is 0 Å². The SMILES string of the molecule is CSc1ccc(COC(=O)c2csc(-c3cccs3)n2)cc1. The van der Waals surface area contributed by atoms with Crippen molar-refractivity contribution >= 4 is 40.4 Å². The zero-order chi connectivity index (χ0) is 15.4. The van der Waals surface area contributed by atoms with Gasteiger partial charge in [0.2, 0.25) is 0 Å². The van der Waals surface area contributed by atoms with Crippen LogP contribution in [0.1, 0.15) is 16.1 Å². The van der Waals surface area contributed by atoms with E-state index < -0.39 is 0 Å². The Kier molecular flexibility index (Phi) is 4.92. The lowest BCUT2D eigenvalue weighted by atomic mass is 10.2. The van der Waals surface area contributed by atoms with Crippen molar-refractivity contribution in [3.63, 3.8) is 0 Å². The van der Waals surface area contributed by atoms with Gasteiger partial charge in [-0.25, -0.2) is 9.78 Å². The van der Waals surface area contributed by atoms with Crippen LogP contribution in [-0.4, -0.2) is 17.2 Å². The molecule has 0 fully saturated rings. The number of nitrogens with zero attached hydrogens (tertiary/aromatic N) is 1. The van der Waals surface area contributed by atoms with Gasteiger partial charge >= 0.3 is 5.97 Å². The molecule has 22 heavy (non-hydrogen) atoms. The molecule has 0 N–H and O–H groups in total. The Balaban J connectivity index is 1.62. The maximum Gasteiger partial charge on any atom is 0.358 e. The highest BCUT2D eigenvalue weighted by atomic mass is 32.2. The molecule has 0 amide bonds. The Labute approximate surface area is 141 Å². The predicted octanol–water partition coefficient (Wildman–Crippen LogP) is 4.95. The molecule has 0 bridgehead atoms. The van der Waals surface area contributed by atoms with Crippen LogP contribution in [-0.2, 0) is 11.3 Å². The van der Waals surface area contributed by atoms with Gasteiger partial charge in [0.05, 0.1) is 4.88 Å². The summed E-state index contributed by atoms with van der Waals surface area (Å²) in [5.41, 5.74) is 1.34. The monoisotopic (exact) mass is 347 g/mol. The quantitative estimate of drug-likeness (QED) is 0.483. The van der Waals surface area contributed by atoms with E-state index in [4.69, 9.17) is 4.74 Å². The topological polar surface area (TPSA) is 39.2 Å². The number of hydrogen-bond acceptors (Lipinski definition) is 6. The molecule has 0 unspecified atom stereocenters. The molecule has 0 aliphatic carbocycles. The predicted molar refractivity (Wildman–Crippen MR) is 92.8 cm³/mol. The number of ether oxygens (including phenoxy) is 1. The lowest BCUT2D eigenvalue weighted by Gasteiger charge is -2.04. The zero-order valence-corrected chi connectivity index (χ0v) is 14.3. The van der Waals surface area contributed by atoms with Crippen LogP contribution in [0.4, 0.5) is 0 Å². The lowest BCUT2D eigenvalue weighted by molar-refractivity contribution is 0.0466. The standard InChI is InChI=1S/C16H13NO2S3/c1-20-12-6-4-11(5-7-12)9-19-16(18)13-10-22-15(17-13)14-3-2-8-21-14/h2-8,10H,9H2,1H3. The summed E-state index contributed by atoms with van der Waals surface area (Å²) in [4.78, 5) is 18.6. The fourth-order valence-corrected chi connectivity index (χ4v) is 3.84. The van der Waals surface area contributed by atoms with Gasteiger partial charge in [-0.3, -0.25) is 0 Å². The van der Waals surface area contributed by atoms with E-state index >= 15 is 0 Å². The molecule has 3 aromatic rings. The summed E-state index contributed by atoms with van der Waals surface area (Å²) < 4.78 is 5.32. The molecular weight excluding hydrogens is 334 g/mol. The van der Waals surface area contributed by atoms with Gasteiger partial charge in [0.1, 0.15) is 11.6 Å². The number of thiophene rings is 1. The molecule has 1 aromatic carbocycles. The van der Waals surface area contributed by atoms with Crippen molar-refractivity contribution in [2.75, 3.05) is 6.26 Å². The third-order valence-electron chi connectivity index (χ3n) is 2.97. The van der Waals surface area contributed by atoms with Crippen LogP contribution >= 0.6 is 34.4 Å². The van der Waals surface area contributed by atoms with Crippen LogP contribution in [0.3, 0.4) is 0 Å². The molecule has 2 heterocycles. The number of rotatable bonds is 5. The molecule has 2 aromatic heterocycles. The minimum Gasteiger partial charge on any atom is -0.456 e. The molecule has 0 saturated heterocycles. The van der Waals surface area contributed by atoms with E-state index in [9.17, 15) is 4.79 Å². The highest BCUT2D eigenvalue weighted by molar-refractivity contribution is 7.98. The van der Waals surface area contributed by atoms with Crippen molar-refractivity contribution < 1.29 is 9.53 Å². The Bertz CT molecular complexity index is 748. The van der Waals surface area contributed by atoms with Crippen LogP contribution < -0.4 is 0 Å². The number of carbonyl (C=O) groups excluding carboxylic acids is 1. The highest BCUT2D eigenvalue weighted by Gasteiger charge is 2.13. The van der Waals surface area contributed by atoms with Crippen molar-refractivity contribution in [2.45, 2.75) is 11.5 Å². The summed E-state index contributed by atoms with van der Waals surface area (Å²) in [6.07, 6.45) is 2.03. The van der Waals surface area contributed by atoms with Gasteiger partial charge in [0, 0.05) is 10.3 Å². The number of thioether (sulfide) groups is 1. The van der Waals surface area contributed by atoms with Crippen LogP contribution in [0, 0.1) is 0 Å². The Morgan fingerprint density at radius 2 is 2.05 bits per heavy atom. The zero-order valence-electron chi connectivity index (χ0n) is 11.8. The van der Waals surface area contributed by atoms with E-state index in [0.717, 1.165) is 15.4 Å². The number of benzene rings is 1. The first-order chi connectivity index (χ1) is 10.8. The summed E-state index contributed by atoms with van der Waals surface area (Å²) >= 11 is 4.75. The summed E-state index contributed by atoms with van der Waals surface area (Å²) in [6, 6.07) is 11.9. The molecule has 112 valence electrons. The Morgan fingerprint density at radius 3 is 2.73 bits per heavy atom. The Morgan fingerprint density at radius 1 is 1.23 bits per heavy atom. The van der Waals surface area contributed by atoms with Crippen LogP contribution in [0.25, 0.3) is 9.88 Å². The molecule has 0 radical (unpaired) electrons. The minimum atomic E-state index is -0.381. The maximum absolute atomic E-state index is 12.0. The van der Waals surface area contributed by atoms with E-state index in [1.165, 1.54) is 16.2 Å². The van der Waals surface area contributed by atoms with E-state index in [-0.39, 0.29) is 12.6 Å². The molecule has 3 rings (SSSR count). The van der Waals surface area contributed by atoms with Gasteiger partial charge in [-0.1, -0.05) is 18.2 Å². The molecule has 0 aliphatic rings. The van der Waals surface area contributed by atoms with Crippen LogP contribution in [0.15, 0.2) is 52.1 Å². The second-order valence-electron chi connectivity index (χ2n) is 4.44. The number of thiazole rings is 1. The van der Waals surface area contributed by atoms with Gasteiger partial charge in [0.15, 0.2) is 5.69 Å². The van der Waals surface area contributed by atoms with Crippen LogP contribution in [0.2, 0.25) is 0 Å². The average molecular weight is 347 g/mol. The molecular formula is C16H13NO2S3. The van der Waals surface area contributed by atoms with Crippen molar-refractivity contribution in [1.29, 1.82) is 0 Å². The van der Waals surface area contributed by atoms with Gasteiger partial charge in [-0.05, 0) is 35.4 Å². The second-order valence-corrected chi connectivity index (χ2v) is 7.12. The van der Waals surface area contributed by atoms with Crippen molar-refractivity contribution in [3.05, 3.63) is 58.4 Å². The summed E-state index contributed by atoms with van der Waals surface area (Å²) in [7, 11) is 0. The minimum absolute atomic E-state index is 0.263. The largest absolute Gasteiger partial charge is 0.456 e. The third kappa shape index (κ3) is 3.58. The number of esters is 1. The molecule has 6 heteroatoms. The summed E-state index contributed by atoms with van der Waals surface area (Å²) in [6.45, 7) is 0.263. The van der Waals surface area contributed by atoms with Gasteiger partial charge in [-0.15, -0.1) is 34.4 Å². The molecule has 0 aliphatic heterocycles. The third-order valence-corrected chi connectivity index (χ3v) is 5.60. The van der Waals surface area contributed by atoms with Gasteiger partial charge in [0.25, 0.3) is 0 Å². The molecule has 0 atom stereocenters. The summed E-state index contributed by atoms with van der Waals surface area (Å²) in [5.74, 6) is -0.381. The molecule has 0 saturated carbocycles. The van der Waals surface area contributed by atoms with E-state index in [1.807, 2.05) is 48.0 Å². The summed E-state index contributed by atoms with van der Waals surface area (Å²) in [5, 5.41) is 4.59. The number of hydrogen-bond donors (Lipinski definition) is 0. The molecule has 3 nitrogen and oxygen atoms in total. The Hall–Kier alpha value is -1.63. The van der Waals surface area contributed by atoms with Gasteiger partial charge in [-0.2, -0.15) is 0 Å². The second kappa shape index (κ2) is 7.09. The lowest BCUT2D eigenvalue weighted by Crippen LogP contribution is -2.05. The first-order valence-corrected chi connectivity index (χ1v) is 9.54. The first-order valence-electron chi connectivity index (χ1n) is 6.56. The molecule has 0 spiro atoms. The smallest absolute Gasteiger partial charge is 0.358 e. The number of aromatic nitrogens is 1. The van der Waals surface area contributed by atoms with E-state index in [0.29, 0.717) is 5.69 Å². The fraction of sp³-hybridized carbons (Fsp3) is 0.125.